The fraction of sp³-hybridized carbons (Fsp3) is 0.0455. The molecule has 9 heteroatoms. The molecule has 0 saturated carbocycles. The summed E-state index contributed by atoms with van der Waals surface area (Å²) in [5, 5.41) is 10.7. The molecule has 0 atom stereocenters. The van der Waals surface area contributed by atoms with Crippen LogP contribution < -0.4 is 20.5 Å². The summed E-state index contributed by atoms with van der Waals surface area (Å²) in [6.07, 6.45) is 0. The van der Waals surface area contributed by atoms with Crippen LogP contribution in [0.15, 0.2) is 63.8 Å². The number of thiophene rings is 1. The highest BCUT2D eigenvalue weighted by atomic mass is 32.1. The molecule has 3 heterocycles. The lowest BCUT2D eigenvalue weighted by atomic mass is 9.97. The molecule has 8 nitrogen and oxygen atoms in total. The van der Waals surface area contributed by atoms with Crippen molar-refractivity contribution >= 4 is 29.0 Å². The number of hydrogen-bond acceptors (Lipinski definition) is 7. The lowest BCUT2D eigenvalue weighted by Crippen LogP contribution is -2.14. The number of carbonyl (C=O) groups is 2. The van der Waals surface area contributed by atoms with Gasteiger partial charge in [-0.15, -0.1) is 0 Å². The first-order valence-electron chi connectivity index (χ1n) is 9.24. The Morgan fingerprint density at radius 1 is 1.06 bits per heavy atom. The van der Waals surface area contributed by atoms with Crippen LogP contribution >= 0.6 is 11.3 Å². The summed E-state index contributed by atoms with van der Waals surface area (Å²) >= 11 is 1.49. The normalized spacial score (nSPS) is 12.0. The first kappa shape index (κ1) is 18.9. The average molecular weight is 433 g/mol. The van der Waals surface area contributed by atoms with Crippen molar-refractivity contribution in [3.8, 4) is 33.9 Å². The highest BCUT2D eigenvalue weighted by molar-refractivity contribution is 7.08. The summed E-state index contributed by atoms with van der Waals surface area (Å²) in [4.78, 5) is 25.0. The number of carbonyl (C=O) groups excluding carboxylic acids is 2. The van der Waals surface area contributed by atoms with Gasteiger partial charge in [0.2, 0.25) is 18.6 Å². The van der Waals surface area contributed by atoms with Crippen LogP contribution in [0.3, 0.4) is 0 Å². The van der Waals surface area contributed by atoms with E-state index in [4.69, 9.17) is 19.7 Å². The topological polar surface area (TPSA) is 117 Å². The second-order valence-corrected chi connectivity index (χ2v) is 7.46. The van der Waals surface area contributed by atoms with Crippen molar-refractivity contribution < 1.29 is 23.6 Å². The van der Waals surface area contributed by atoms with Crippen molar-refractivity contribution in [1.29, 1.82) is 0 Å². The van der Waals surface area contributed by atoms with E-state index in [1.807, 2.05) is 16.8 Å². The van der Waals surface area contributed by atoms with Gasteiger partial charge in [-0.25, -0.2) is 0 Å². The van der Waals surface area contributed by atoms with E-state index in [1.54, 1.807) is 42.5 Å². The van der Waals surface area contributed by atoms with Crippen molar-refractivity contribution in [2.75, 3.05) is 12.1 Å². The molecule has 2 aromatic carbocycles. The molecule has 2 amide bonds. The molecule has 0 saturated heterocycles. The first-order valence-corrected chi connectivity index (χ1v) is 10.2. The van der Waals surface area contributed by atoms with Crippen LogP contribution in [0.4, 0.5) is 5.88 Å². The number of benzene rings is 2. The lowest BCUT2D eigenvalue weighted by molar-refractivity contribution is 0.0998. The minimum Gasteiger partial charge on any atom is -0.454 e. The van der Waals surface area contributed by atoms with Gasteiger partial charge < -0.3 is 19.7 Å². The third kappa shape index (κ3) is 3.40. The van der Waals surface area contributed by atoms with Gasteiger partial charge in [0, 0.05) is 27.6 Å². The van der Waals surface area contributed by atoms with Crippen LogP contribution in [-0.2, 0) is 0 Å². The summed E-state index contributed by atoms with van der Waals surface area (Å²) in [7, 11) is 0. The van der Waals surface area contributed by atoms with E-state index in [9.17, 15) is 9.59 Å². The number of nitrogens with zero attached hydrogens (tertiary/aromatic N) is 1. The maximum Gasteiger partial charge on any atom is 0.258 e. The quantitative estimate of drug-likeness (QED) is 0.488. The lowest BCUT2D eigenvalue weighted by Gasteiger charge is -2.09. The van der Waals surface area contributed by atoms with Crippen molar-refractivity contribution in [1.82, 2.24) is 5.16 Å². The minimum absolute atomic E-state index is 0.109. The summed E-state index contributed by atoms with van der Waals surface area (Å²) < 4.78 is 16.1. The summed E-state index contributed by atoms with van der Waals surface area (Å²) in [5.41, 5.74) is 8.51. The molecule has 0 unspecified atom stereocenters. The van der Waals surface area contributed by atoms with E-state index in [0.29, 0.717) is 39.4 Å². The highest BCUT2D eigenvalue weighted by Gasteiger charge is 2.25. The molecular formula is C22H15N3O5S. The standard InChI is InChI=1S/C22H15N3O5S/c23-20(26)15-4-2-1-3-14(15)18-19(13-7-8-31-10-13)25-30-22(18)24-21(27)12-5-6-16-17(9-12)29-11-28-16/h1-10H,11H2,(H2,23,26)(H,24,27). The second kappa shape index (κ2) is 7.62. The van der Waals surface area contributed by atoms with Gasteiger partial charge in [0.15, 0.2) is 11.5 Å². The van der Waals surface area contributed by atoms with Gasteiger partial charge >= 0.3 is 0 Å². The van der Waals surface area contributed by atoms with E-state index in [2.05, 4.69) is 10.5 Å². The predicted octanol–water partition coefficient (Wildman–Crippen LogP) is 4.15. The number of aromatic nitrogens is 1. The summed E-state index contributed by atoms with van der Waals surface area (Å²) in [6.45, 7) is 0.112. The Labute approximate surface area is 180 Å². The van der Waals surface area contributed by atoms with E-state index in [-0.39, 0.29) is 12.7 Å². The molecule has 2 aromatic heterocycles. The molecule has 0 radical (unpaired) electrons. The number of hydrogen-bond donors (Lipinski definition) is 2. The Bertz CT molecular complexity index is 1300. The molecule has 1 aliphatic rings. The monoisotopic (exact) mass is 433 g/mol. The van der Waals surface area contributed by atoms with Crippen molar-refractivity contribution in [2.24, 2.45) is 5.73 Å². The largest absolute Gasteiger partial charge is 0.454 e. The van der Waals surface area contributed by atoms with Crippen molar-refractivity contribution in [2.45, 2.75) is 0 Å². The van der Waals surface area contributed by atoms with E-state index >= 15 is 0 Å². The van der Waals surface area contributed by atoms with Gasteiger partial charge in [-0.2, -0.15) is 11.3 Å². The van der Waals surface area contributed by atoms with Crippen LogP contribution in [-0.4, -0.2) is 23.8 Å². The number of nitrogens with one attached hydrogen (secondary N) is 1. The maximum absolute atomic E-state index is 12.9. The second-order valence-electron chi connectivity index (χ2n) is 6.68. The molecule has 5 rings (SSSR count). The van der Waals surface area contributed by atoms with Gasteiger partial charge in [-0.3, -0.25) is 14.9 Å². The highest BCUT2D eigenvalue weighted by Crippen LogP contribution is 2.40. The summed E-state index contributed by atoms with van der Waals surface area (Å²) in [5.74, 6) is 0.151. The van der Waals surface area contributed by atoms with Gasteiger partial charge in [-0.1, -0.05) is 23.4 Å². The zero-order valence-electron chi connectivity index (χ0n) is 16.0. The predicted molar refractivity (Wildman–Crippen MR) is 114 cm³/mol. The fourth-order valence-corrected chi connectivity index (χ4v) is 3.99. The Morgan fingerprint density at radius 3 is 2.71 bits per heavy atom. The number of primary amides is 1. The van der Waals surface area contributed by atoms with Gasteiger partial charge in [0.05, 0.1) is 5.56 Å². The Kier molecular flexibility index (Phi) is 4.64. The number of amides is 2. The molecular weight excluding hydrogens is 418 g/mol. The third-order valence-electron chi connectivity index (χ3n) is 4.81. The first-order chi connectivity index (χ1) is 15.1. The molecule has 1 aliphatic heterocycles. The molecule has 31 heavy (non-hydrogen) atoms. The Balaban J connectivity index is 1.58. The van der Waals surface area contributed by atoms with Crippen LogP contribution in [0.2, 0.25) is 0 Å². The van der Waals surface area contributed by atoms with Crippen LogP contribution in [0.1, 0.15) is 20.7 Å². The number of rotatable bonds is 5. The number of anilines is 1. The third-order valence-corrected chi connectivity index (χ3v) is 5.49. The van der Waals surface area contributed by atoms with Crippen molar-refractivity contribution in [3.05, 3.63) is 70.4 Å². The van der Waals surface area contributed by atoms with E-state index in [1.165, 1.54) is 11.3 Å². The van der Waals surface area contributed by atoms with Crippen LogP contribution in [0.5, 0.6) is 11.5 Å². The maximum atomic E-state index is 12.9. The molecule has 4 aromatic rings. The smallest absolute Gasteiger partial charge is 0.258 e. The zero-order chi connectivity index (χ0) is 21.4. The zero-order valence-corrected chi connectivity index (χ0v) is 16.8. The van der Waals surface area contributed by atoms with E-state index < -0.39 is 11.8 Å². The molecule has 0 spiro atoms. The fourth-order valence-electron chi connectivity index (χ4n) is 3.35. The van der Waals surface area contributed by atoms with Crippen LogP contribution in [0.25, 0.3) is 22.4 Å². The van der Waals surface area contributed by atoms with Crippen LogP contribution in [0, 0.1) is 0 Å². The Morgan fingerprint density at radius 2 is 1.90 bits per heavy atom. The van der Waals surface area contributed by atoms with Crippen molar-refractivity contribution in [3.63, 3.8) is 0 Å². The number of nitrogens with two attached hydrogens (primary N) is 1. The van der Waals surface area contributed by atoms with Gasteiger partial charge in [0.1, 0.15) is 5.69 Å². The number of fused-ring (bicyclic) bond motifs is 1. The molecule has 154 valence electrons. The summed E-state index contributed by atoms with van der Waals surface area (Å²) in [6, 6.07) is 13.6. The molecule has 3 N–H and O–H groups in total. The molecule has 0 aliphatic carbocycles. The average Bonchev–Trinajstić information content (AvgIpc) is 3.53. The minimum atomic E-state index is -0.596. The SMILES string of the molecule is NC(=O)c1ccccc1-c1c(-c2ccsc2)noc1NC(=O)c1ccc2c(c1)OCO2. The van der Waals surface area contributed by atoms with Gasteiger partial charge in [0.25, 0.3) is 5.91 Å². The number of ether oxygens (including phenoxy) is 2. The van der Waals surface area contributed by atoms with Gasteiger partial charge in [-0.05, 0) is 35.7 Å². The Hall–Kier alpha value is -4.11. The van der Waals surface area contributed by atoms with E-state index in [0.717, 1.165) is 5.56 Å². The molecule has 0 fully saturated rings. The molecule has 0 bridgehead atoms.